The molecule has 0 unspecified atom stereocenters. The predicted molar refractivity (Wildman–Crippen MR) is 75.7 cm³/mol. The molecule has 1 aromatic heterocycles. The Balaban J connectivity index is 2.15. The van der Waals surface area contributed by atoms with Gasteiger partial charge < -0.3 is 4.42 Å². The summed E-state index contributed by atoms with van der Waals surface area (Å²) in [7, 11) is -3.58. The van der Waals surface area contributed by atoms with Crippen LogP contribution in [0.2, 0.25) is 0 Å². The minimum atomic E-state index is -3.58. The van der Waals surface area contributed by atoms with E-state index in [0.29, 0.717) is 5.89 Å². The van der Waals surface area contributed by atoms with Gasteiger partial charge in [0.2, 0.25) is 11.8 Å². The Kier molecular flexibility index (Phi) is 4.13. The minimum Gasteiger partial charge on any atom is -0.424 e. The van der Waals surface area contributed by atoms with E-state index in [-0.39, 0.29) is 16.9 Å². The van der Waals surface area contributed by atoms with Gasteiger partial charge in [0.1, 0.15) is 11.6 Å². The van der Waals surface area contributed by atoms with Crippen LogP contribution in [-0.2, 0) is 26.8 Å². The molecule has 1 aromatic carbocycles. The van der Waals surface area contributed by atoms with E-state index in [2.05, 4.69) is 10.2 Å². The van der Waals surface area contributed by atoms with Gasteiger partial charge in [0.15, 0.2) is 9.84 Å². The fourth-order valence-corrected chi connectivity index (χ4v) is 3.01. The number of rotatable bonds is 4. The number of hydrogen-bond acceptors (Lipinski definition) is 5. The van der Waals surface area contributed by atoms with Gasteiger partial charge in [-0.05, 0) is 6.07 Å². The Morgan fingerprint density at radius 3 is 2.38 bits per heavy atom. The second-order valence-electron chi connectivity index (χ2n) is 5.87. The van der Waals surface area contributed by atoms with E-state index in [1.807, 2.05) is 20.8 Å². The van der Waals surface area contributed by atoms with Crippen molar-refractivity contribution in [2.45, 2.75) is 37.7 Å². The smallest absolute Gasteiger partial charge is 0.231 e. The van der Waals surface area contributed by atoms with Gasteiger partial charge in [-0.3, -0.25) is 0 Å². The molecule has 0 radical (unpaired) electrons. The van der Waals surface area contributed by atoms with Crippen molar-refractivity contribution in [3.05, 3.63) is 47.4 Å². The van der Waals surface area contributed by atoms with Crippen molar-refractivity contribution in [1.82, 2.24) is 10.2 Å². The monoisotopic (exact) mass is 312 g/mol. The molecular formula is C14H17FN2O3S. The third-order valence-corrected chi connectivity index (χ3v) is 4.22. The molecule has 1 heterocycles. The van der Waals surface area contributed by atoms with Crippen LogP contribution in [0.1, 0.15) is 38.1 Å². The Bertz CT molecular complexity index is 733. The summed E-state index contributed by atoms with van der Waals surface area (Å²) in [4.78, 5) is 0. The Morgan fingerprint density at radius 2 is 1.81 bits per heavy atom. The summed E-state index contributed by atoms with van der Waals surface area (Å²) >= 11 is 0. The Labute approximate surface area is 123 Å². The van der Waals surface area contributed by atoms with Crippen LogP contribution < -0.4 is 0 Å². The van der Waals surface area contributed by atoms with Crippen LogP contribution in [0, 0.1) is 5.82 Å². The van der Waals surface area contributed by atoms with E-state index in [1.54, 1.807) is 6.07 Å². The van der Waals surface area contributed by atoms with E-state index < -0.39 is 27.2 Å². The first kappa shape index (κ1) is 15.6. The third-order valence-electron chi connectivity index (χ3n) is 2.79. The van der Waals surface area contributed by atoms with E-state index in [4.69, 9.17) is 4.42 Å². The fourth-order valence-electron chi connectivity index (χ4n) is 1.71. The molecule has 0 spiro atoms. The summed E-state index contributed by atoms with van der Waals surface area (Å²) in [6.07, 6.45) is 0. The summed E-state index contributed by atoms with van der Waals surface area (Å²) in [5, 5.41) is 7.58. The quantitative estimate of drug-likeness (QED) is 0.867. The summed E-state index contributed by atoms with van der Waals surface area (Å²) in [6.45, 7) is 5.66. The van der Waals surface area contributed by atoms with Gasteiger partial charge in [-0.2, -0.15) is 0 Å². The molecule has 0 aliphatic rings. The topological polar surface area (TPSA) is 73.1 Å². The number of aromatic nitrogens is 2. The van der Waals surface area contributed by atoms with Crippen LogP contribution >= 0.6 is 0 Å². The van der Waals surface area contributed by atoms with Crippen LogP contribution in [-0.4, -0.2) is 18.6 Å². The van der Waals surface area contributed by atoms with Crippen molar-refractivity contribution < 1.29 is 17.2 Å². The van der Waals surface area contributed by atoms with E-state index >= 15 is 0 Å². The number of hydrogen-bond donors (Lipinski definition) is 0. The molecular weight excluding hydrogens is 295 g/mol. The Hall–Kier alpha value is -1.76. The number of sulfone groups is 1. The van der Waals surface area contributed by atoms with Crippen LogP contribution in [0.5, 0.6) is 0 Å². The minimum absolute atomic E-state index is 0.0243. The highest BCUT2D eigenvalue weighted by Crippen LogP contribution is 2.21. The zero-order chi connectivity index (χ0) is 15.7. The maximum atomic E-state index is 13.5. The fraction of sp³-hybridized carbons (Fsp3) is 0.429. The van der Waals surface area contributed by atoms with Gasteiger partial charge in [0, 0.05) is 11.0 Å². The molecule has 2 rings (SSSR count). The third kappa shape index (κ3) is 4.10. The lowest BCUT2D eigenvalue weighted by Crippen LogP contribution is -2.11. The molecule has 0 aliphatic heterocycles. The normalized spacial score (nSPS) is 12.6. The molecule has 114 valence electrons. The van der Waals surface area contributed by atoms with Gasteiger partial charge in [0.05, 0.1) is 5.75 Å². The van der Waals surface area contributed by atoms with Crippen LogP contribution in [0.3, 0.4) is 0 Å². The van der Waals surface area contributed by atoms with E-state index in [1.165, 1.54) is 18.2 Å². The van der Waals surface area contributed by atoms with Gasteiger partial charge in [0.25, 0.3) is 0 Å². The van der Waals surface area contributed by atoms with Crippen molar-refractivity contribution in [3.8, 4) is 0 Å². The zero-order valence-electron chi connectivity index (χ0n) is 12.1. The van der Waals surface area contributed by atoms with Crippen LogP contribution in [0.25, 0.3) is 0 Å². The van der Waals surface area contributed by atoms with Crippen molar-refractivity contribution in [3.63, 3.8) is 0 Å². The average molecular weight is 312 g/mol. The molecule has 0 fully saturated rings. The summed E-state index contributed by atoms with van der Waals surface area (Å²) in [5.41, 5.74) is -0.214. The molecule has 0 N–H and O–H groups in total. The Morgan fingerprint density at radius 1 is 1.14 bits per heavy atom. The molecule has 0 saturated carbocycles. The maximum absolute atomic E-state index is 13.5. The lowest BCUT2D eigenvalue weighted by atomic mass is 9.97. The molecule has 0 saturated heterocycles. The summed E-state index contributed by atoms with van der Waals surface area (Å²) in [6, 6.07) is 5.79. The molecule has 0 amide bonds. The number of halogens is 1. The number of benzene rings is 1. The molecule has 0 bridgehead atoms. The largest absolute Gasteiger partial charge is 0.424 e. The first-order chi connectivity index (χ1) is 9.67. The van der Waals surface area contributed by atoms with Gasteiger partial charge in [-0.15, -0.1) is 10.2 Å². The molecule has 0 atom stereocenters. The average Bonchev–Trinajstić information content (AvgIpc) is 2.79. The second kappa shape index (κ2) is 5.55. The van der Waals surface area contributed by atoms with Crippen LogP contribution in [0.4, 0.5) is 4.39 Å². The van der Waals surface area contributed by atoms with Crippen molar-refractivity contribution in [2.75, 3.05) is 0 Å². The highest BCUT2D eigenvalue weighted by molar-refractivity contribution is 7.89. The van der Waals surface area contributed by atoms with Crippen molar-refractivity contribution in [2.24, 2.45) is 0 Å². The maximum Gasteiger partial charge on any atom is 0.231 e. The highest BCUT2D eigenvalue weighted by Gasteiger charge is 2.24. The van der Waals surface area contributed by atoms with Crippen molar-refractivity contribution >= 4 is 9.84 Å². The first-order valence-electron chi connectivity index (χ1n) is 6.44. The van der Waals surface area contributed by atoms with Crippen LogP contribution in [0.15, 0.2) is 28.7 Å². The molecule has 7 heteroatoms. The predicted octanol–water partition coefficient (Wildman–Crippen LogP) is 2.62. The lowest BCUT2D eigenvalue weighted by molar-refractivity contribution is 0.377. The standard InChI is InChI=1S/C14H17FN2O3S/c1-14(2,3)13-17-16-12(20-13)9-21(18,19)8-10-6-4-5-7-11(10)15/h4-7H,8-9H2,1-3H3. The molecule has 0 aliphatic carbocycles. The SMILES string of the molecule is CC(C)(C)c1nnc(CS(=O)(=O)Cc2ccccc2F)o1. The van der Waals surface area contributed by atoms with Gasteiger partial charge >= 0.3 is 0 Å². The van der Waals surface area contributed by atoms with Gasteiger partial charge in [-0.25, -0.2) is 12.8 Å². The summed E-state index contributed by atoms with van der Waals surface area (Å²) in [5.74, 6) is -0.936. The lowest BCUT2D eigenvalue weighted by Gasteiger charge is -2.11. The highest BCUT2D eigenvalue weighted by atomic mass is 32.2. The summed E-state index contributed by atoms with van der Waals surface area (Å²) < 4.78 is 43.0. The van der Waals surface area contributed by atoms with E-state index in [9.17, 15) is 12.8 Å². The van der Waals surface area contributed by atoms with E-state index in [0.717, 1.165) is 0 Å². The molecule has 2 aromatic rings. The number of nitrogens with zero attached hydrogens (tertiary/aromatic N) is 2. The molecule has 21 heavy (non-hydrogen) atoms. The molecule has 5 nitrogen and oxygen atoms in total. The van der Waals surface area contributed by atoms with Gasteiger partial charge in [-0.1, -0.05) is 39.0 Å². The zero-order valence-corrected chi connectivity index (χ0v) is 12.9. The second-order valence-corrected chi connectivity index (χ2v) is 7.94. The first-order valence-corrected chi connectivity index (χ1v) is 8.26. The van der Waals surface area contributed by atoms with Crippen molar-refractivity contribution in [1.29, 1.82) is 0 Å².